The second-order valence-electron chi connectivity index (χ2n) is 4.15. The Kier molecular flexibility index (Phi) is 1.66. The van der Waals surface area contributed by atoms with Crippen molar-refractivity contribution in [1.82, 2.24) is 4.98 Å². The predicted molar refractivity (Wildman–Crippen MR) is 71.6 cm³/mol. The Labute approximate surface area is 101 Å². The van der Waals surface area contributed by atoms with E-state index in [1.165, 1.54) is 15.5 Å². The highest BCUT2D eigenvalue weighted by atomic mass is 32.1. The standard InChI is InChI=1S/C14H9NOS/c1-8-15-11-7-13-10(6-14(11)17-8)9-4-2-3-5-12(9)16-13/h2-7H,1H3. The topological polar surface area (TPSA) is 26.0 Å². The van der Waals surface area contributed by atoms with E-state index in [4.69, 9.17) is 4.42 Å². The summed E-state index contributed by atoms with van der Waals surface area (Å²) in [4.78, 5) is 4.49. The van der Waals surface area contributed by atoms with Crippen molar-refractivity contribution in [3.8, 4) is 0 Å². The fourth-order valence-corrected chi connectivity index (χ4v) is 3.11. The van der Waals surface area contributed by atoms with Gasteiger partial charge < -0.3 is 4.42 Å². The number of aromatic nitrogens is 1. The van der Waals surface area contributed by atoms with Crippen LogP contribution in [0.2, 0.25) is 0 Å². The molecule has 0 aliphatic carbocycles. The van der Waals surface area contributed by atoms with Gasteiger partial charge in [-0.1, -0.05) is 18.2 Å². The molecule has 0 unspecified atom stereocenters. The lowest BCUT2D eigenvalue weighted by Crippen LogP contribution is -1.69. The minimum atomic E-state index is 0.920. The van der Waals surface area contributed by atoms with Crippen LogP contribution in [0.25, 0.3) is 32.2 Å². The van der Waals surface area contributed by atoms with Crippen molar-refractivity contribution < 1.29 is 4.42 Å². The Morgan fingerprint density at radius 3 is 2.88 bits per heavy atom. The van der Waals surface area contributed by atoms with Gasteiger partial charge in [0.1, 0.15) is 11.2 Å². The maximum atomic E-state index is 5.83. The molecule has 0 aliphatic rings. The fraction of sp³-hybridized carbons (Fsp3) is 0.0714. The summed E-state index contributed by atoms with van der Waals surface area (Å²) in [7, 11) is 0. The molecule has 2 aromatic heterocycles. The number of nitrogens with zero attached hydrogens (tertiary/aromatic N) is 1. The van der Waals surface area contributed by atoms with Gasteiger partial charge in [0.15, 0.2) is 0 Å². The van der Waals surface area contributed by atoms with E-state index >= 15 is 0 Å². The van der Waals surface area contributed by atoms with E-state index in [9.17, 15) is 0 Å². The maximum Gasteiger partial charge on any atom is 0.137 e. The third-order valence-electron chi connectivity index (χ3n) is 2.99. The van der Waals surface area contributed by atoms with Gasteiger partial charge in [-0.15, -0.1) is 11.3 Å². The Morgan fingerprint density at radius 1 is 1.06 bits per heavy atom. The first-order chi connectivity index (χ1) is 8.31. The second-order valence-corrected chi connectivity index (χ2v) is 5.38. The zero-order valence-corrected chi connectivity index (χ0v) is 10.0. The van der Waals surface area contributed by atoms with Crippen molar-refractivity contribution in [2.75, 3.05) is 0 Å². The summed E-state index contributed by atoms with van der Waals surface area (Å²) >= 11 is 1.73. The molecule has 0 atom stereocenters. The van der Waals surface area contributed by atoms with Gasteiger partial charge >= 0.3 is 0 Å². The third-order valence-corrected chi connectivity index (χ3v) is 3.93. The summed E-state index contributed by atoms with van der Waals surface area (Å²) in [6, 6.07) is 12.4. The molecular formula is C14H9NOS. The van der Waals surface area contributed by atoms with E-state index < -0.39 is 0 Å². The summed E-state index contributed by atoms with van der Waals surface area (Å²) in [6.45, 7) is 2.03. The highest BCUT2D eigenvalue weighted by Crippen LogP contribution is 2.33. The lowest BCUT2D eigenvalue weighted by Gasteiger charge is -1.89. The van der Waals surface area contributed by atoms with Crippen LogP contribution < -0.4 is 0 Å². The molecule has 4 aromatic rings. The van der Waals surface area contributed by atoms with E-state index in [0.29, 0.717) is 0 Å². The number of fused-ring (bicyclic) bond motifs is 4. The number of hydrogen-bond acceptors (Lipinski definition) is 3. The summed E-state index contributed by atoms with van der Waals surface area (Å²) in [5.74, 6) is 0. The number of para-hydroxylation sites is 1. The molecule has 2 nitrogen and oxygen atoms in total. The molecule has 0 bridgehead atoms. The van der Waals surface area contributed by atoms with Gasteiger partial charge in [0, 0.05) is 16.8 Å². The highest BCUT2D eigenvalue weighted by Gasteiger charge is 2.09. The molecule has 0 saturated heterocycles. The molecular weight excluding hydrogens is 230 g/mol. The minimum absolute atomic E-state index is 0.920. The molecule has 17 heavy (non-hydrogen) atoms. The van der Waals surface area contributed by atoms with E-state index in [1.807, 2.05) is 31.2 Å². The van der Waals surface area contributed by atoms with Crippen LogP contribution in [0, 0.1) is 6.92 Å². The number of benzene rings is 2. The van der Waals surface area contributed by atoms with Gasteiger partial charge in [0.2, 0.25) is 0 Å². The first-order valence-electron chi connectivity index (χ1n) is 5.50. The van der Waals surface area contributed by atoms with Crippen LogP contribution in [-0.2, 0) is 0 Å². The van der Waals surface area contributed by atoms with Gasteiger partial charge in [0.05, 0.1) is 15.2 Å². The molecule has 0 spiro atoms. The van der Waals surface area contributed by atoms with Crippen LogP contribution in [0.3, 0.4) is 0 Å². The summed E-state index contributed by atoms with van der Waals surface area (Å²) in [5.41, 5.74) is 2.89. The van der Waals surface area contributed by atoms with Gasteiger partial charge in [-0.3, -0.25) is 0 Å². The van der Waals surface area contributed by atoms with Crippen LogP contribution >= 0.6 is 11.3 Å². The lowest BCUT2D eigenvalue weighted by molar-refractivity contribution is 0.669. The monoisotopic (exact) mass is 239 g/mol. The van der Waals surface area contributed by atoms with Gasteiger partial charge in [-0.2, -0.15) is 0 Å². The molecule has 0 amide bonds. The zero-order chi connectivity index (χ0) is 11.4. The van der Waals surface area contributed by atoms with Crippen molar-refractivity contribution in [1.29, 1.82) is 0 Å². The largest absolute Gasteiger partial charge is 0.456 e. The Bertz CT molecular complexity index is 856. The molecule has 4 rings (SSSR count). The van der Waals surface area contributed by atoms with Gasteiger partial charge in [-0.25, -0.2) is 4.98 Å². The summed E-state index contributed by atoms with van der Waals surface area (Å²) in [6.07, 6.45) is 0. The maximum absolute atomic E-state index is 5.83. The summed E-state index contributed by atoms with van der Waals surface area (Å²) in [5, 5.41) is 3.45. The highest BCUT2D eigenvalue weighted by molar-refractivity contribution is 7.18. The predicted octanol–water partition coefficient (Wildman–Crippen LogP) is 4.50. The van der Waals surface area contributed by atoms with Gasteiger partial charge in [-0.05, 0) is 19.1 Å². The van der Waals surface area contributed by atoms with Crippen LogP contribution in [0.4, 0.5) is 0 Å². The van der Waals surface area contributed by atoms with Crippen LogP contribution in [0.1, 0.15) is 5.01 Å². The van der Waals surface area contributed by atoms with Gasteiger partial charge in [0.25, 0.3) is 0 Å². The zero-order valence-electron chi connectivity index (χ0n) is 9.23. The number of thiazole rings is 1. The molecule has 0 N–H and O–H groups in total. The SMILES string of the molecule is Cc1nc2cc3oc4ccccc4c3cc2s1. The molecule has 0 radical (unpaired) electrons. The number of furan rings is 1. The van der Waals surface area contributed by atoms with E-state index in [2.05, 4.69) is 17.1 Å². The van der Waals surface area contributed by atoms with Crippen LogP contribution in [0.15, 0.2) is 40.8 Å². The third kappa shape index (κ3) is 1.23. The lowest BCUT2D eigenvalue weighted by atomic mass is 10.1. The first kappa shape index (κ1) is 9.19. The van der Waals surface area contributed by atoms with Crippen molar-refractivity contribution in [2.24, 2.45) is 0 Å². The van der Waals surface area contributed by atoms with E-state index in [1.54, 1.807) is 11.3 Å². The smallest absolute Gasteiger partial charge is 0.137 e. The average molecular weight is 239 g/mol. The molecule has 0 fully saturated rings. The second kappa shape index (κ2) is 3.08. The quantitative estimate of drug-likeness (QED) is 0.451. The minimum Gasteiger partial charge on any atom is -0.456 e. The van der Waals surface area contributed by atoms with E-state index in [-0.39, 0.29) is 0 Å². The number of aryl methyl sites for hydroxylation is 1. The number of rotatable bonds is 0. The molecule has 2 aromatic carbocycles. The molecule has 3 heteroatoms. The fourth-order valence-electron chi connectivity index (χ4n) is 2.26. The Hall–Kier alpha value is -1.87. The van der Waals surface area contributed by atoms with Crippen molar-refractivity contribution in [3.05, 3.63) is 41.4 Å². The van der Waals surface area contributed by atoms with Crippen LogP contribution in [-0.4, -0.2) is 4.98 Å². The number of hydrogen-bond donors (Lipinski definition) is 0. The first-order valence-corrected chi connectivity index (χ1v) is 6.31. The molecule has 2 heterocycles. The Balaban J connectivity index is 2.26. The summed E-state index contributed by atoms with van der Waals surface area (Å²) < 4.78 is 7.06. The van der Waals surface area contributed by atoms with Crippen molar-refractivity contribution >= 4 is 43.5 Å². The van der Waals surface area contributed by atoms with Crippen molar-refractivity contribution in [3.63, 3.8) is 0 Å². The molecule has 82 valence electrons. The van der Waals surface area contributed by atoms with Crippen molar-refractivity contribution in [2.45, 2.75) is 6.92 Å². The molecule has 0 aliphatic heterocycles. The van der Waals surface area contributed by atoms with Crippen LogP contribution in [0.5, 0.6) is 0 Å². The molecule has 0 saturated carbocycles. The van der Waals surface area contributed by atoms with E-state index in [0.717, 1.165) is 21.7 Å². The average Bonchev–Trinajstić information content (AvgIpc) is 2.84. The Morgan fingerprint density at radius 2 is 1.94 bits per heavy atom. The normalized spacial score (nSPS) is 11.8.